The first-order chi connectivity index (χ1) is 8.09. The lowest BCUT2D eigenvalue weighted by molar-refractivity contribution is -0.140. The number of nitrogens with one attached hydrogen (secondary N) is 1. The molecule has 3 atom stereocenters. The van der Waals surface area contributed by atoms with E-state index in [1.165, 1.54) is 11.3 Å². The monoisotopic (exact) mass is 255 g/mol. The van der Waals surface area contributed by atoms with Crippen LogP contribution in [0.4, 0.5) is 0 Å². The second-order valence-electron chi connectivity index (χ2n) is 4.10. The third-order valence-electron chi connectivity index (χ3n) is 2.84. The molecule has 2 rings (SSSR count). The molecule has 1 amide bonds. The van der Waals surface area contributed by atoms with Crippen molar-refractivity contribution in [1.29, 1.82) is 0 Å². The number of aliphatic hydroxyl groups excluding tert-OH is 1. The fourth-order valence-electron chi connectivity index (χ4n) is 1.67. The number of rotatable bonds is 5. The van der Waals surface area contributed by atoms with E-state index < -0.39 is 23.9 Å². The van der Waals surface area contributed by atoms with Gasteiger partial charge >= 0.3 is 5.97 Å². The molecule has 0 aliphatic heterocycles. The second-order valence-corrected chi connectivity index (χ2v) is 4.88. The molecule has 1 aliphatic rings. The lowest BCUT2D eigenvalue weighted by atomic mass is 10.2. The van der Waals surface area contributed by atoms with Gasteiger partial charge in [0.05, 0.1) is 17.9 Å². The van der Waals surface area contributed by atoms with Crippen LogP contribution in [0.1, 0.15) is 18.1 Å². The van der Waals surface area contributed by atoms with Crippen molar-refractivity contribution in [2.75, 3.05) is 6.54 Å². The van der Waals surface area contributed by atoms with Gasteiger partial charge in [-0.3, -0.25) is 9.59 Å². The lowest BCUT2D eigenvalue weighted by Gasteiger charge is -2.10. The van der Waals surface area contributed by atoms with Crippen LogP contribution in [0.15, 0.2) is 16.8 Å². The fraction of sp³-hybridized carbons (Fsp3) is 0.455. The number of aliphatic hydroxyl groups is 1. The number of carboxylic acid groups (broad SMARTS) is 1. The number of amides is 1. The van der Waals surface area contributed by atoms with E-state index in [0.717, 1.165) is 5.56 Å². The van der Waals surface area contributed by atoms with Crippen molar-refractivity contribution in [3.05, 3.63) is 22.4 Å². The van der Waals surface area contributed by atoms with Gasteiger partial charge in [0.25, 0.3) is 0 Å². The van der Waals surface area contributed by atoms with E-state index >= 15 is 0 Å². The van der Waals surface area contributed by atoms with Crippen molar-refractivity contribution in [2.45, 2.75) is 12.5 Å². The second kappa shape index (κ2) is 4.85. The van der Waals surface area contributed by atoms with Crippen molar-refractivity contribution in [2.24, 2.45) is 11.8 Å². The van der Waals surface area contributed by atoms with Gasteiger partial charge in [-0.1, -0.05) is 0 Å². The molecule has 3 unspecified atom stereocenters. The molecule has 0 spiro atoms. The summed E-state index contributed by atoms with van der Waals surface area (Å²) < 4.78 is 0. The summed E-state index contributed by atoms with van der Waals surface area (Å²) in [5.74, 6) is -2.19. The van der Waals surface area contributed by atoms with Crippen LogP contribution in [0, 0.1) is 11.8 Å². The minimum atomic E-state index is -0.927. The molecule has 1 saturated carbocycles. The Balaban J connectivity index is 1.76. The third-order valence-corrected chi connectivity index (χ3v) is 3.54. The topological polar surface area (TPSA) is 86.6 Å². The summed E-state index contributed by atoms with van der Waals surface area (Å²) in [6.07, 6.45) is -0.331. The van der Waals surface area contributed by atoms with Gasteiger partial charge in [0, 0.05) is 6.54 Å². The quantitative estimate of drug-likeness (QED) is 0.719. The molecular formula is C11H13NO4S. The minimum absolute atomic E-state index is 0.123. The molecule has 0 bridgehead atoms. The van der Waals surface area contributed by atoms with E-state index in [1.807, 2.05) is 10.8 Å². The standard InChI is InChI=1S/C11H13NO4S/c13-9(6-1-2-17-5-6)4-12-10(14)7-3-8(7)11(15)16/h1-2,5,7-9,13H,3-4H2,(H,12,14)(H,15,16). The van der Waals surface area contributed by atoms with E-state index in [-0.39, 0.29) is 12.5 Å². The van der Waals surface area contributed by atoms with Crippen LogP contribution in [0.3, 0.4) is 0 Å². The van der Waals surface area contributed by atoms with E-state index in [9.17, 15) is 14.7 Å². The van der Waals surface area contributed by atoms with Crippen molar-refractivity contribution < 1.29 is 19.8 Å². The zero-order chi connectivity index (χ0) is 12.4. The highest BCUT2D eigenvalue weighted by molar-refractivity contribution is 7.07. The molecule has 17 heavy (non-hydrogen) atoms. The summed E-state index contributed by atoms with van der Waals surface area (Å²) >= 11 is 1.47. The van der Waals surface area contributed by atoms with Crippen LogP contribution < -0.4 is 5.32 Å². The van der Waals surface area contributed by atoms with E-state index in [1.54, 1.807) is 6.07 Å². The van der Waals surface area contributed by atoms with E-state index in [4.69, 9.17) is 5.11 Å². The number of thiophene rings is 1. The van der Waals surface area contributed by atoms with Gasteiger partial charge in [-0.25, -0.2) is 0 Å². The Labute approximate surface area is 102 Å². The van der Waals surface area contributed by atoms with E-state index in [0.29, 0.717) is 6.42 Å². The number of hydrogen-bond acceptors (Lipinski definition) is 4. The first-order valence-corrected chi connectivity index (χ1v) is 6.24. The molecular weight excluding hydrogens is 242 g/mol. The molecule has 6 heteroatoms. The van der Waals surface area contributed by atoms with Crippen LogP contribution >= 0.6 is 11.3 Å². The van der Waals surface area contributed by atoms with E-state index in [2.05, 4.69) is 5.32 Å². The van der Waals surface area contributed by atoms with Gasteiger partial charge in [0.2, 0.25) is 5.91 Å². The van der Waals surface area contributed by atoms with Gasteiger partial charge in [-0.15, -0.1) is 0 Å². The molecule has 1 fully saturated rings. The summed E-state index contributed by atoms with van der Waals surface area (Å²) in [5.41, 5.74) is 0.765. The van der Waals surface area contributed by atoms with Crippen molar-refractivity contribution >= 4 is 23.2 Å². The summed E-state index contributed by atoms with van der Waals surface area (Å²) in [6.45, 7) is 0.123. The maximum atomic E-state index is 11.5. The van der Waals surface area contributed by atoms with Gasteiger partial charge in [-0.05, 0) is 28.8 Å². The normalized spacial score (nSPS) is 24.1. The summed E-state index contributed by atoms with van der Waals surface area (Å²) in [4.78, 5) is 22.1. The van der Waals surface area contributed by atoms with Gasteiger partial charge in [0.1, 0.15) is 0 Å². The average Bonchev–Trinajstić information content (AvgIpc) is 2.93. The number of carbonyl (C=O) groups excluding carboxylic acids is 1. The predicted octanol–water partition coefficient (Wildman–Crippen LogP) is 0.618. The zero-order valence-electron chi connectivity index (χ0n) is 9.00. The molecule has 3 N–H and O–H groups in total. The molecule has 1 heterocycles. The average molecular weight is 255 g/mol. The summed E-state index contributed by atoms with van der Waals surface area (Å²) in [7, 11) is 0. The van der Waals surface area contributed by atoms with Crippen LogP contribution in [0.2, 0.25) is 0 Å². The maximum absolute atomic E-state index is 11.5. The Morgan fingerprint density at radius 3 is 2.82 bits per heavy atom. The highest BCUT2D eigenvalue weighted by Crippen LogP contribution is 2.38. The summed E-state index contributed by atoms with van der Waals surface area (Å²) in [6, 6.07) is 1.79. The molecule has 5 nitrogen and oxygen atoms in total. The number of aliphatic carboxylic acids is 1. The Morgan fingerprint density at radius 1 is 1.53 bits per heavy atom. The smallest absolute Gasteiger partial charge is 0.307 e. The predicted molar refractivity (Wildman–Crippen MR) is 61.5 cm³/mol. The molecule has 1 aromatic heterocycles. The SMILES string of the molecule is O=C(O)C1CC1C(=O)NCC(O)c1ccsc1. The number of hydrogen-bond donors (Lipinski definition) is 3. The Hall–Kier alpha value is -1.40. The van der Waals surface area contributed by atoms with Gasteiger partial charge < -0.3 is 15.5 Å². The largest absolute Gasteiger partial charge is 0.481 e. The van der Waals surface area contributed by atoms with Gasteiger partial charge in [-0.2, -0.15) is 11.3 Å². The Morgan fingerprint density at radius 2 is 2.29 bits per heavy atom. The van der Waals surface area contributed by atoms with Crippen LogP contribution in [-0.4, -0.2) is 28.6 Å². The molecule has 0 aromatic carbocycles. The summed E-state index contributed by atoms with van der Waals surface area (Å²) in [5, 5.41) is 24.6. The Kier molecular flexibility index (Phi) is 3.44. The molecule has 1 aliphatic carbocycles. The first-order valence-electron chi connectivity index (χ1n) is 5.30. The highest BCUT2D eigenvalue weighted by atomic mass is 32.1. The van der Waals surface area contributed by atoms with Crippen molar-refractivity contribution in [3.8, 4) is 0 Å². The minimum Gasteiger partial charge on any atom is -0.481 e. The maximum Gasteiger partial charge on any atom is 0.307 e. The van der Waals surface area contributed by atoms with Crippen LogP contribution in [0.5, 0.6) is 0 Å². The van der Waals surface area contributed by atoms with Crippen LogP contribution in [0.25, 0.3) is 0 Å². The fourth-order valence-corrected chi connectivity index (χ4v) is 2.38. The lowest BCUT2D eigenvalue weighted by Crippen LogP contribution is -2.30. The number of carboxylic acids is 1. The van der Waals surface area contributed by atoms with Crippen molar-refractivity contribution in [1.82, 2.24) is 5.32 Å². The highest BCUT2D eigenvalue weighted by Gasteiger charge is 2.48. The van der Waals surface area contributed by atoms with Gasteiger partial charge in [0.15, 0.2) is 0 Å². The third kappa shape index (κ3) is 2.83. The zero-order valence-corrected chi connectivity index (χ0v) is 9.81. The Bertz CT molecular complexity index is 417. The van der Waals surface area contributed by atoms with Crippen LogP contribution in [-0.2, 0) is 9.59 Å². The molecule has 0 radical (unpaired) electrons. The molecule has 1 aromatic rings. The first kappa shape index (κ1) is 12.1. The number of carbonyl (C=O) groups is 2. The molecule has 92 valence electrons. The van der Waals surface area contributed by atoms with Crippen molar-refractivity contribution in [3.63, 3.8) is 0 Å². The molecule has 0 saturated heterocycles.